The van der Waals surface area contributed by atoms with Gasteiger partial charge in [0.25, 0.3) is 0 Å². The van der Waals surface area contributed by atoms with Gasteiger partial charge < -0.3 is 4.98 Å². The summed E-state index contributed by atoms with van der Waals surface area (Å²) < 4.78 is 0. The topological polar surface area (TPSA) is 45.8 Å². The van der Waals surface area contributed by atoms with Gasteiger partial charge in [-0.1, -0.05) is 13.8 Å². The Morgan fingerprint density at radius 3 is 3.07 bits per heavy atom. The number of nitrogens with zero attached hydrogens (tertiary/aromatic N) is 1. The molecule has 1 N–H and O–H groups in total. The van der Waals surface area contributed by atoms with Crippen LogP contribution in [0.4, 0.5) is 0 Å². The zero-order valence-electron chi connectivity index (χ0n) is 8.71. The highest BCUT2D eigenvalue weighted by molar-refractivity contribution is 5.19. The normalized spacial score (nSPS) is 20.9. The number of hydrogen-bond acceptors (Lipinski definition) is 2. The third-order valence-corrected chi connectivity index (χ3v) is 3.17. The number of aromatic amines is 1. The van der Waals surface area contributed by atoms with Gasteiger partial charge in [-0.2, -0.15) is 0 Å². The predicted molar refractivity (Wildman–Crippen MR) is 55.2 cm³/mol. The summed E-state index contributed by atoms with van der Waals surface area (Å²) in [5, 5.41) is 0. The van der Waals surface area contributed by atoms with Gasteiger partial charge in [0.15, 0.2) is 0 Å². The molecule has 0 spiro atoms. The molecule has 0 aliphatic heterocycles. The molecule has 0 saturated heterocycles. The number of fused-ring (bicyclic) bond motifs is 1. The highest BCUT2D eigenvalue weighted by atomic mass is 16.1. The van der Waals surface area contributed by atoms with E-state index in [0.717, 1.165) is 30.4 Å². The molecule has 76 valence electrons. The highest BCUT2D eigenvalue weighted by Gasteiger charge is 2.21. The zero-order chi connectivity index (χ0) is 10.1. The van der Waals surface area contributed by atoms with Gasteiger partial charge in [-0.25, -0.2) is 9.78 Å². The molecule has 1 atom stereocenters. The van der Waals surface area contributed by atoms with E-state index in [1.807, 2.05) is 0 Å². The van der Waals surface area contributed by atoms with Gasteiger partial charge in [0, 0.05) is 11.9 Å². The molecular formula is C11H16N2O. The lowest BCUT2D eigenvalue weighted by Gasteiger charge is -2.26. The van der Waals surface area contributed by atoms with Crippen molar-refractivity contribution in [1.82, 2.24) is 9.97 Å². The van der Waals surface area contributed by atoms with Crippen LogP contribution in [-0.4, -0.2) is 9.97 Å². The first-order valence-corrected chi connectivity index (χ1v) is 5.24. The summed E-state index contributed by atoms with van der Waals surface area (Å²) in [6.45, 7) is 4.52. The zero-order valence-corrected chi connectivity index (χ0v) is 8.71. The van der Waals surface area contributed by atoms with Crippen LogP contribution >= 0.6 is 0 Å². The SMILES string of the molecule is CC(C)C1CCc2[nH]c(=O)ncc2C1. The van der Waals surface area contributed by atoms with Crippen molar-refractivity contribution in [3.8, 4) is 0 Å². The van der Waals surface area contributed by atoms with Gasteiger partial charge in [0.1, 0.15) is 0 Å². The molecule has 1 aliphatic carbocycles. The van der Waals surface area contributed by atoms with Crippen molar-refractivity contribution in [2.75, 3.05) is 0 Å². The summed E-state index contributed by atoms with van der Waals surface area (Å²) in [5.41, 5.74) is 2.11. The minimum Gasteiger partial charge on any atom is -0.310 e. The Bertz CT molecular complexity index is 381. The third-order valence-electron chi connectivity index (χ3n) is 3.17. The average Bonchev–Trinajstić information content (AvgIpc) is 2.16. The van der Waals surface area contributed by atoms with Crippen LogP contribution < -0.4 is 5.69 Å². The average molecular weight is 192 g/mol. The summed E-state index contributed by atoms with van der Waals surface area (Å²) in [7, 11) is 0. The summed E-state index contributed by atoms with van der Waals surface area (Å²) in [6.07, 6.45) is 4.99. The minimum atomic E-state index is -0.216. The van der Waals surface area contributed by atoms with Gasteiger partial charge in [-0.15, -0.1) is 0 Å². The fraction of sp³-hybridized carbons (Fsp3) is 0.636. The van der Waals surface area contributed by atoms with Crippen molar-refractivity contribution >= 4 is 0 Å². The molecule has 3 heteroatoms. The molecule has 1 unspecified atom stereocenters. The quantitative estimate of drug-likeness (QED) is 0.733. The van der Waals surface area contributed by atoms with Crippen molar-refractivity contribution in [3.63, 3.8) is 0 Å². The van der Waals surface area contributed by atoms with E-state index in [1.54, 1.807) is 6.20 Å². The molecule has 0 aromatic carbocycles. The van der Waals surface area contributed by atoms with Crippen LogP contribution in [0.25, 0.3) is 0 Å². The molecule has 1 aliphatic rings. The molecular weight excluding hydrogens is 176 g/mol. The van der Waals surface area contributed by atoms with Crippen molar-refractivity contribution in [1.29, 1.82) is 0 Å². The first kappa shape index (κ1) is 9.44. The first-order valence-electron chi connectivity index (χ1n) is 5.24. The maximum atomic E-state index is 11.0. The number of hydrogen-bond donors (Lipinski definition) is 1. The number of aryl methyl sites for hydroxylation is 1. The van der Waals surface area contributed by atoms with Gasteiger partial charge in [-0.3, -0.25) is 0 Å². The lowest BCUT2D eigenvalue weighted by Crippen LogP contribution is -2.24. The van der Waals surface area contributed by atoms with E-state index in [2.05, 4.69) is 23.8 Å². The maximum absolute atomic E-state index is 11.0. The fourth-order valence-electron chi connectivity index (χ4n) is 2.14. The van der Waals surface area contributed by atoms with Crippen LogP contribution in [0.5, 0.6) is 0 Å². The second-order valence-corrected chi connectivity index (χ2v) is 4.44. The van der Waals surface area contributed by atoms with Gasteiger partial charge in [0.05, 0.1) is 0 Å². The molecule has 0 saturated carbocycles. The van der Waals surface area contributed by atoms with Crippen LogP contribution in [0, 0.1) is 11.8 Å². The van der Waals surface area contributed by atoms with E-state index < -0.39 is 0 Å². The van der Waals surface area contributed by atoms with Crippen molar-refractivity contribution in [2.45, 2.75) is 33.1 Å². The molecule has 14 heavy (non-hydrogen) atoms. The molecule has 1 aromatic rings. The molecule has 1 heterocycles. The first-order chi connectivity index (χ1) is 6.66. The van der Waals surface area contributed by atoms with Crippen LogP contribution in [-0.2, 0) is 12.8 Å². The second-order valence-electron chi connectivity index (χ2n) is 4.44. The Morgan fingerprint density at radius 2 is 2.36 bits per heavy atom. The predicted octanol–water partition coefficient (Wildman–Crippen LogP) is 1.53. The third kappa shape index (κ3) is 1.72. The Kier molecular flexibility index (Phi) is 2.40. The van der Waals surface area contributed by atoms with E-state index in [9.17, 15) is 4.79 Å². The number of rotatable bonds is 1. The molecule has 3 nitrogen and oxygen atoms in total. The summed E-state index contributed by atoms with van der Waals surface area (Å²) in [5.74, 6) is 1.46. The Balaban J connectivity index is 2.27. The fourth-order valence-corrected chi connectivity index (χ4v) is 2.14. The Labute approximate surface area is 83.6 Å². The van der Waals surface area contributed by atoms with Gasteiger partial charge in [0.2, 0.25) is 0 Å². The Morgan fingerprint density at radius 1 is 1.57 bits per heavy atom. The smallest absolute Gasteiger partial charge is 0.310 e. The van der Waals surface area contributed by atoms with E-state index in [0.29, 0.717) is 0 Å². The van der Waals surface area contributed by atoms with E-state index in [-0.39, 0.29) is 5.69 Å². The summed E-state index contributed by atoms with van der Waals surface area (Å²) in [4.78, 5) is 17.6. The molecule has 2 rings (SSSR count). The van der Waals surface area contributed by atoms with Crippen LogP contribution in [0.15, 0.2) is 11.0 Å². The van der Waals surface area contributed by atoms with Gasteiger partial charge >= 0.3 is 5.69 Å². The highest BCUT2D eigenvalue weighted by Crippen LogP contribution is 2.27. The minimum absolute atomic E-state index is 0.216. The molecule has 0 amide bonds. The molecule has 0 radical (unpaired) electrons. The number of aromatic nitrogens is 2. The number of nitrogens with one attached hydrogen (secondary N) is 1. The Hall–Kier alpha value is -1.12. The monoisotopic (exact) mass is 192 g/mol. The van der Waals surface area contributed by atoms with Crippen molar-refractivity contribution in [2.24, 2.45) is 11.8 Å². The number of H-pyrrole nitrogens is 1. The van der Waals surface area contributed by atoms with Crippen molar-refractivity contribution in [3.05, 3.63) is 27.9 Å². The standard InChI is InChI=1S/C11H16N2O/c1-7(2)8-3-4-10-9(5-8)6-12-11(14)13-10/h6-8H,3-5H2,1-2H3,(H,12,13,14). The van der Waals surface area contributed by atoms with E-state index >= 15 is 0 Å². The van der Waals surface area contributed by atoms with E-state index in [1.165, 1.54) is 12.0 Å². The van der Waals surface area contributed by atoms with Crippen molar-refractivity contribution < 1.29 is 0 Å². The lowest BCUT2D eigenvalue weighted by atomic mass is 9.80. The molecule has 1 aromatic heterocycles. The van der Waals surface area contributed by atoms with Crippen LogP contribution in [0.1, 0.15) is 31.5 Å². The van der Waals surface area contributed by atoms with Gasteiger partial charge in [-0.05, 0) is 36.7 Å². The lowest BCUT2D eigenvalue weighted by molar-refractivity contribution is 0.339. The molecule has 0 fully saturated rings. The van der Waals surface area contributed by atoms with Crippen LogP contribution in [0.3, 0.4) is 0 Å². The maximum Gasteiger partial charge on any atom is 0.345 e. The molecule has 0 bridgehead atoms. The largest absolute Gasteiger partial charge is 0.345 e. The summed E-state index contributed by atoms with van der Waals surface area (Å²) >= 11 is 0. The van der Waals surface area contributed by atoms with E-state index in [4.69, 9.17) is 0 Å². The summed E-state index contributed by atoms with van der Waals surface area (Å²) in [6, 6.07) is 0. The second kappa shape index (κ2) is 3.56. The van der Waals surface area contributed by atoms with Crippen LogP contribution in [0.2, 0.25) is 0 Å².